The lowest BCUT2D eigenvalue weighted by Gasteiger charge is -2.12. The average Bonchev–Trinajstić information content (AvgIpc) is 2.73. The van der Waals surface area contributed by atoms with Crippen molar-refractivity contribution in [3.05, 3.63) is 72.9 Å². The maximum atomic E-state index is 5.73. The van der Waals surface area contributed by atoms with Gasteiger partial charge in [-0.05, 0) is 67.2 Å². The van der Waals surface area contributed by atoms with Gasteiger partial charge in [-0.2, -0.15) is 0 Å². The first-order valence-corrected chi connectivity index (χ1v) is 9.98. The van der Waals surface area contributed by atoms with Gasteiger partial charge in [0, 0.05) is 23.1 Å². The van der Waals surface area contributed by atoms with Crippen LogP contribution in [0.5, 0.6) is 5.75 Å². The molecule has 1 aromatic heterocycles. The molecule has 0 fully saturated rings. The van der Waals surface area contributed by atoms with Crippen molar-refractivity contribution in [3.63, 3.8) is 0 Å². The third-order valence-corrected chi connectivity index (χ3v) is 4.44. The van der Waals surface area contributed by atoms with E-state index in [1.54, 1.807) is 6.20 Å². The number of thiocarbonyl (C=S) groups is 1. The monoisotopic (exact) mass is 391 g/mol. The van der Waals surface area contributed by atoms with Gasteiger partial charge >= 0.3 is 0 Å². The van der Waals surface area contributed by atoms with E-state index in [4.69, 9.17) is 17.0 Å². The Morgan fingerprint density at radius 2 is 1.57 bits per heavy atom. The number of rotatable bonds is 8. The molecule has 2 aromatic carbocycles. The first kappa shape index (κ1) is 19.8. The molecule has 0 aliphatic heterocycles. The van der Waals surface area contributed by atoms with E-state index in [1.165, 1.54) is 12.8 Å². The summed E-state index contributed by atoms with van der Waals surface area (Å²) in [5.41, 5.74) is 3.86. The fourth-order valence-corrected chi connectivity index (χ4v) is 2.96. The van der Waals surface area contributed by atoms with Gasteiger partial charge < -0.3 is 15.4 Å². The smallest absolute Gasteiger partial charge is 0.175 e. The molecule has 0 saturated heterocycles. The van der Waals surface area contributed by atoms with Gasteiger partial charge in [-0.15, -0.1) is 0 Å². The third-order valence-electron chi connectivity index (χ3n) is 4.23. The quantitative estimate of drug-likeness (QED) is 0.357. The van der Waals surface area contributed by atoms with Crippen LogP contribution >= 0.6 is 12.2 Å². The van der Waals surface area contributed by atoms with Crippen molar-refractivity contribution in [3.8, 4) is 17.0 Å². The second-order valence-electron chi connectivity index (χ2n) is 6.45. The van der Waals surface area contributed by atoms with Gasteiger partial charge in [-0.3, -0.25) is 4.98 Å². The summed E-state index contributed by atoms with van der Waals surface area (Å²) in [5, 5.41) is 6.94. The van der Waals surface area contributed by atoms with Crippen molar-refractivity contribution in [2.75, 3.05) is 17.2 Å². The highest BCUT2D eigenvalue weighted by Gasteiger charge is 2.02. The zero-order valence-corrected chi connectivity index (χ0v) is 16.8. The maximum Gasteiger partial charge on any atom is 0.175 e. The lowest BCUT2D eigenvalue weighted by Crippen LogP contribution is -2.18. The molecule has 0 saturated carbocycles. The number of hydrogen-bond donors (Lipinski definition) is 2. The van der Waals surface area contributed by atoms with E-state index in [2.05, 4.69) is 22.5 Å². The first-order valence-electron chi connectivity index (χ1n) is 9.57. The standard InChI is InChI=1S/C23H25N3OS/c1-2-3-6-17-27-21-14-12-20(13-15-21)26-23(28)25-19-10-8-18(9-11-19)22-7-4-5-16-24-22/h4-5,7-16H,2-3,6,17H2,1H3,(H2,25,26,28). The lowest BCUT2D eigenvalue weighted by atomic mass is 10.1. The molecule has 1 heterocycles. The number of anilines is 2. The topological polar surface area (TPSA) is 46.2 Å². The fraction of sp³-hybridized carbons (Fsp3) is 0.217. The minimum Gasteiger partial charge on any atom is -0.494 e. The predicted molar refractivity (Wildman–Crippen MR) is 121 cm³/mol. The van der Waals surface area contributed by atoms with Gasteiger partial charge in [0.05, 0.1) is 12.3 Å². The molecule has 0 aliphatic carbocycles. The summed E-state index contributed by atoms with van der Waals surface area (Å²) in [6.45, 7) is 2.95. The summed E-state index contributed by atoms with van der Waals surface area (Å²) in [6.07, 6.45) is 5.27. The zero-order valence-electron chi connectivity index (χ0n) is 16.0. The number of ether oxygens (including phenoxy) is 1. The summed E-state index contributed by atoms with van der Waals surface area (Å²) in [6, 6.07) is 21.8. The molecule has 3 aromatic rings. The number of benzene rings is 2. The first-order chi connectivity index (χ1) is 13.7. The Bertz CT molecular complexity index is 865. The normalized spacial score (nSPS) is 10.3. The minimum atomic E-state index is 0.544. The molecular weight excluding hydrogens is 366 g/mol. The Morgan fingerprint density at radius 3 is 2.18 bits per heavy atom. The van der Waals surface area contributed by atoms with Crippen molar-refractivity contribution < 1.29 is 4.74 Å². The predicted octanol–water partition coefficient (Wildman–Crippen LogP) is 6.13. The lowest BCUT2D eigenvalue weighted by molar-refractivity contribution is 0.306. The molecule has 0 atom stereocenters. The SMILES string of the molecule is CCCCCOc1ccc(NC(=S)Nc2ccc(-c3ccccn3)cc2)cc1. The third kappa shape index (κ3) is 6.06. The molecule has 28 heavy (non-hydrogen) atoms. The second-order valence-corrected chi connectivity index (χ2v) is 6.86. The van der Waals surface area contributed by atoms with E-state index in [0.717, 1.165) is 41.4 Å². The highest BCUT2D eigenvalue weighted by molar-refractivity contribution is 7.80. The summed E-state index contributed by atoms with van der Waals surface area (Å²) >= 11 is 5.41. The molecule has 2 N–H and O–H groups in total. The van der Waals surface area contributed by atoms with Gasteiger partial charge in [0.15, 0.2) is 5.11 Å². The van der Waals surface area contributed by atoms with Crippen LogP contribution in [-0.2, 0) is 0 Å². The molecule has 0 unspecified atom stereocenters. The Labute approximate surface area is 172 Å². The number of nitrogens with one attached hydrogen (secondary N) is 2. The van der Waals surface area contributed by atoms with Gasteiger partial charge in [0.25, 0.3) is 0 Å². The van der Waals surface area contributed by atoms with Crippen LogP contribution in [0.25, 0.3) is 11.3 Å². The summed E-state index contributed by atoms with van der Waals surface area (Å²) in [4.78, 5) is 4.36. The number of aromatic nitrogens is 1. The molecule has 0 amide bonds. The molecule has 3 rings (SSSR count). The van der Waals surface area contributed by atoms with Gasteiger partial charge in [-0.1, -0.05) is 38.0 Å². The highest BCUT2D eigenvalue weighted by Crippen LogP contribution is 2.20. The maximum absolute atomic E-state index is 5.73. The van der Waals surface area contributed by atoms with Crippen molar-refractivity contribution in [2.45, 2.75) is 26.2 Å². The van der Waals surface area contributed by atoms with Gasteiger partial charge in [0.1, 0.15) is 5.75 Å². The summed E-state index contributed by atoms with van der Waals surface area (Å²) < 4.78 is 5.73. The highest BCUT2D eigenvalue weighted by atomic mass is 32.1. The summed E-state index contributed by atoms with van der Waals surface area (Å²) in [7, 11) is 0. The van der Waals surface area contributed by atoms with Crippen LogP contribution in [0.2, 0.25) is 0 Å². The number of unbranched alkanes of at least 4 members (excludes halogenated alkanes) is 2. The van der Waals surface area contributed by atoms with Crippen molar-refractivity contribution in [1.82, 2.24) is 4.98 Å². The number of pyridine rings is 1. The molecule has 0 spiro atoms. The van der Waals surface area contributed by atoms with E-state index in [0.29, 0.717) is 5.11 Å². The minimum absolute atomic E-state index is 0.544. The van der Waals surface area contributed by atoms with E-state index in [9.17, 15) is 0 Å². The van der Waals surface area contributed by atoms with Crippen molar-refractivity contribution >= 4 is 28.7 Å². The number of hydrogen-bond acceptors (Lipinski definition) is 3. The summed E-state index contributed by atoms with van der Waals surface area (Å²) in [5.74, 6) is 0.880. The number of nitrogens with zero attached hydrogens (tertiary/aromatic N) is 1. The molecule has 0 bridgehead atoms. The van der Waals surface area contributed by atoms with E-state index in [-0.39, 0.29) is 0 Å². The Kier molecular flexibility index (Phi) is 7.38. The molecule has 144 valence electrons. The zero-order chi connectivity index (χ0) is 19.6. The van der Waals surface area contributed by atoms with Crippen molar-refractivity contribution in [1.29, 1.82) is 0 Å². The van der Waals surface area contributed by atoms with E-state index >= 15 is 0 Å². The van der Waals surface area contributed by atoms with Gasteiger partial charge in [-0.25, -0.2) is 0 Å². The van der Waals surface area contributed by atoms with Crippen LogP contribution in [0.15, 0.2) is 72.9 Å². The fourth-order valence-electron chi connectivity index (χ4n) is 2.73. The Balaban J connectivity index is 1.50. The Hall–Kier alpha value is -2.92. The molecule has 0 radical (unpaired) electrons. The van der Waals surface area contributed by atoms with Crippen LogP contribution in [-0.4, -0.2) is 16.7 Å². The second kappa shape index (κ2) is 10.4. The molecule has 0 aliphatic rings. The van der Waals surface area contributed by atoms with Crippen LogP contribution in [0.4, 0.5) is 11.4 Å². The molecule has 4 nitrogen and oxygen atoms in total. The average molecular weight is 392 g/mol. The van der Waals surface area contributed by atoms with Crippen LogP contribution < -0.4 is 15.4 Å². The van der Waals surface area contributed by atoms with E-state index in [1.807, 2.05) is 66.7 Å². The largest absolute Gasteiger partial charge is 0.494 e. The molecular formula is C23H25N3OS. The molecule has 5 heteroatoms. The van der Waals surface area contributed by atoms with E-state index < -0.39 is 0 Å². The van der Waals surface area contributed by atoms with Crippen LogP contribution in [0.3, 0.4) is 0 Å². The Morgan fingerprint density at radius 1 is 0.893 bits per heavy atom. The van der Waals surface area contributed by atoms with Gasteiger partial charge in [0.2, 0.25) is 0 Å². The van der Waals surface area contributed by atoms with Crippen LogP contribution in [0.1, 0.15) is 26.2 Å². The van der Waals surface area contributed by atoms with Crippen molar-refractivity contribution in [2.24, 2.45) is 0 Å². The van der Waals surface area contributed by atoms with Crippen LogP contribution in [0, 0.1) is 0 Å².